The van der Waals surface area contributed by atoms with Gasteiger partial charge in [-0.3, -0.25) is 14.4 Å². The Hall–Kier alpha value is -3.10. The van der Waals surface area contributed by atoms with Crippen LogP contribution in [0.1, 0.15) is 33.3 Å². The van der Waals surface area contributed by atoms with Crippen LogP contribution < -0.4 is 16.0 Å². The van der Waals surface area contributed by atoms with E-state index in [0.29, 0.717) is 0 Å². The number of methoxy groups -OCH3 is 1. The number of rotatable bonds is 9. The number of carbonyl (C=O) groups excluding carboxylic acids is 4. The van der Waals surface area contributed by atoms with Crippen molar-refractivity contribution in [2.24, 2.45) is 5.92 Å². The van der Waals surface area contributed by atoms with Gasteiger partial charge < -0.3 is 25.8 Å². The summed E-state index contributed by atoms with van der Waals surface area (Å²) in [4.78, 5) is 48.3. The number of hydrogen-bond acceptors (Lipinski definition) is 6. The third-order valence-electron chi connectivity index (χ3n) is 4.24. The van der Waals surface area contributed by atoms with Crippen LogP contribution in [0.25, 0.3) is 0 Å². The lowest BCUT2D eigenvalue weighted by Crippen LogP contribution is -2.55. The number of carbonyl (C=O) groups is 4. The molecule has 9 heteroatoms. The van der Waals surface area contributed by atoms with Gasteiger partial charge in [-0.25, -0.2) is 4.79 Å². The fourth-order valence-electron chi connectivity index (χ4n) is 2.60. The average Bonchev–Trinajstić information content (AvgIpc) is 2.65. The molecule has 9 nitrogen and oxygen atoms in total. The van der Waals surface area contributed by atoms with E-state index < -0.39 is 41.8 Å². The molecule has 3 atom stereocenters. The summed E-state index contributed by atoms with van der Waals surface area (Å²) in [5.74, 6) is -2.17. The van der Waals surface area contributed by atoms with Gasteiger partial charge in [0.25, 0.3) is 0 Å². The fourth-order valence-corrected chi connectivity index (χ4v) is 2.60. The van der Waals surface area contributed by atoms with Crippen LogP contribution in [0, 0.1) is 5.92 Å². The van der Waals surface area contributed by atoms with E-state index in [9.17, 15) is 24.3 Å². The van der Waals surface area contributed by atoms with Crippen LogP contribution in [-0.4, -0.2) is 54.0 Å². The Morgan fingerprint density at radius 1 is 0.966 bits per heavy atom. The zero-order chi connectivity index (χ0) is 22.1. The maximum atomic E-state index is 12.6. The molecular formula is C20H29N3O6. The van der Waals surface area contributed by atoms with Gasteiger partial charge >= 0.3 is 5.97 Å². The van der Waals surface area contributed by atoms with E-state index in [1.807, 2.05) is 0 Å². The second-order valence-corrected chi connectivity index (χ2v) is 7.11. The van der Waals surface area contributed by atoms with Crippen LogP contribution in [0.4, 0.5) is 0 Å². The van der Waals surface area contributed by atoms with E-state index in [1.165, 1.54) is 33.1 Å². The Morgan fingerprint density at radius 2 is 1.55 bits per heavy atom. The summed E-state index contributed by atoms with van der Waals surface area (Å²) in [5.41, 5.74) is 0.722. The monoisotopic (exact) mass is 407 g/mol. The molecule has 1 aromatic rings. The van der Waals surface area contributed by atoms with Crippen LogP contribution in [0.5, 0.6) is 5.75 Å². The number of aromatic hydroxyl groups is 1. The Kier molecular flexibility index (Phi) is 9.11. The van der Waals surface area contributed by atoms with Crippen molar-refractivity contribution in [1.29, 1.82) is 0 Å². The van der Waals surface area contributed by atoms with Gasteiger partial charge in [0, 0.05) is 13.3 Å². The summed E-state index contributed by atoms with van der Waals surface area (Å²) in [6, 6.07) is 3.54. The summed E-state index contributed by atoms with van der Waals surface area (Å²) in [6.45, 7) is 6.29. The molecule has 1 aromatic carbocycles. The van der Waals surface area contributed by atoms with E-state index in [4.69, 9.17) is 0 Å². The quantitative estimate of drug-likeness (QED) is 0.434. The first kappa shape index (κ1) is 23.9. The second kappa shape index (κ2) is 11.0. The highest BCUT2D eigenvalue weighted by Gasteiger charge is 2.29. The van der Waals surface area contributed by atoms with Crippen molar-refractivity contribution in [3.05, 3.63) is 29.8 Å². The van der Waals surface area contributed by atoms with Crippen LogP contribution in [0.3, 0.4) is 0 Å². The predicted octanol–water partition coefficient (Wildman–Crippen LogP) is 0.258. The highest BCUT2D eigenvalue weighted by molar-refractivity contribution is 5.93. The van der Waals surface area contributed by atoms with Gasteiger partial charge in [-0.05, 0) is 30.5 Å². The smallest absolute Gasteiger partial charge is 0.328 e. The molecule has 0 unspecified atom stereocenters. The molecule has 0 saturated carbocycles. The number of ether oxygens (including phenoxy) is 1. The van der Waals surface area contributed by atoms with E-state index in [1.54, 1.807) is 26.0 Å². The van der Waals surface area contributed by atoms with Gasteiger partial charge in [-0.15, -0.1) is 0 Å². The van der Waals surface area contributed by atoms with Crippen molar-refractivity contribution >= 4 is 23.7 Å². The minimum absolute atomic E-state index is 0.0879. The Morgan fingerprint density at radius 3 is 2.03 bits per heavy atom. The van der Waals surface area contributed by atoms with Gasteiger partial charge in [0.15, 0.2) is 0 Å². The summed E-state index contributed by atoms with van der Waals surface area (Å²) in [5, 5.41) is 17.0. The van der Waals surface area contributed by atoms with Crippen molar-refractivity contribution in [3.8, 4) is 5.75 Å². The molecule has 29 heavy (non-hydrogen) atoms. The van der Waals surface area contributed by atoms with Crippen LogP contribution in [0.15, 0.2) is 24.3 Å². The molecule has 0 aromatic heterocycles. The standard InChI is InChI=1S/C20H29N3O6/c1-11(2)17(20(28)29-5)23-18(26)12(3)21-19(27)16(22-13(4)24)10-14-6-8-15(25)9-7-14/h6-9,11-12,16-17,25H,10H2,1-5H3,(H,21,27)(H,22,24)(H,23,26)/t12-,16-,17-/m0/s1. The second-order valence-electron chi connectivity index (χ2n) is 7.11. The van der Waals surface area contributed by atoms with Gasteiger partial charge in [-0.1, -0.05) is 26.0 Å². The third-order valence-corrected chi connectivity index (χ3v) is 4.24. The number of phenols is 1. The first-order valence-electron chi connectivity index (χ1n) is 9.28. The minimum atomic E-state index is -0.940. The molecule has 0 radical (unpaired) electrons. The van der Waals surface area contributed by atoms with Gasteiger partial charge in [0.2, 0.25) is 17.7 Å². The Bertz CT molecular complexity index is 732. The van der Waals surface area contributed by atoms with E-state index in [2.05, 4.69) is 20.7 Å². The van der Waals surface area contributed by atoms with Gasteiger partial charge in [0.1, 0.15) is 23.9 Å². The van der Waals surface area contributed by atoms with E-state index in [0.717, 1.165) is 5.56 Å². The molecule has 0 spiro atoms. The molecule has 160 valence electrons. The molecule has 0 bridgehead atoms. The molecule has 0 aliphatic heterocycles. The molecule has 0 saturated heterocycles. The maximum absolute atomic E-state index is 12.6. The van der Waals surface area contributed by atoms with Gasteiger partial charge in [-0.2, -0.15) is 0 Å². The number of hydrogen-bond donors (Lipinski definition) is 4. The zero-order valence-corrected chi connectivity index (χ0v) is 17.3. The molecule has 0 heterocycles. The topological polar surface area (TPSA) is 134 Å². The molecule has 0 aliphatic rings. The van der Waals surface area contributed by atoms with Gasteiger partial charge in [0.05, 0.1) is 7.11 Å². The highest BCUT2D eigenvalue weighted by atomic mass is 16.5. The largest absolute Gasteiger partial charge is 0.508 e. The molecule has 0 aliphatic carbocycles. The zero-order valence-electron chi connectivity index (χ0n) is 17.3. The summed E-state index contributed by atoms with van der Waals surface area (Å²) in [6.07, 6.45) is 0.177. The number of amides is 3. The Balaban J connectivity index is 2.80. The molecule has 4 N–H and O–H groups in total. The molecule has 1 rings (SSSR count). The number of nitrogens with one attached hydrogen (secondary N) is 3. The normalized spacial score (nSPS) is 13.7. The summed E-state index contributed by atoms with van der Waals surface area (Å²) in [7, 11) is 1.23. The fraction of sp³-hybridized carbons (Fsp3) is 0.500. The lowest BCUT2D eigenvalue weighted by atomic mass is 10.0. The highest BCUT2D eigenvalue weighted by Crippen LogP contribution is 2.11. The first-order valence-corrected chi connectivity index (χ1v) is 9.28. The lowest BCUT2D eigenvalue weighted by Gasteiger charge is -2.24. The van der Waals surface area contributed by atoms with Crippen molar-refractivity contribution in [1.82, 2.24) is 16.0 Å². The van der Waals surface area contributed by atoms with E-state index >= 15 is 0 Å². The molecular weight excluding hydrogens is 378 g/mol. The van der Waals surface area contributed by atoms with Crippen molar-refractivity contribution < 1.29 is 29.0 Å². The van der Waals surface area contributed by atoms with E-state index in [-0.39, 0.29) is 18.1 Å². The SMILES string of the molecule is COC(=O)[C@@H](NC(=O)[C@H](C)NC(=O)[C@H](Cc1ccc(O)cc1)NC(C)=O)C(C)C. The van der Waals surface area contributed by atoms with Crippen molar-refractivity contribution in [3.63, 3.8) is 0 Å². The molecule has 0 fully saturated rings. The van der Waals surface area contributed by atoms with Crippen LogP contribution in [-0.2, 0) is 30.3 Å². The third kappa shape index (κ3) is 7.81. The average molecular weight is 407 g/mol. The number of benzene rings is 1. The van der Waals surface area contributed by atoms with Crippen molar-refractivity contribution in [2.75, 3.05) is 7.11 Å². The van der Waals surface area contributed by atoms with Crippen LogP contribution >= 0.6 is 0 Å². The Labute approximate surface area is 170 Å². The number of phenolic OH excluding ortho intramolecular Hbond substituents is 1. The minimum Gasteiger partial charge on any atom is -0.508 e. The predicted molar refractivity (Wildman–Crippen MR) is 106 cm³/mol. The summed E-state index contributed by atoms with van der Waals surface area (Å²) >= 11 is 0. The first-order chi connectivity index (χ1) is 13.5. The van der Waals surface area contributed by atoms with Crippen molar-refractivity contribution in [2.45, 2.75) is 52.2 Å². The maximum Gasteiger partial charge on any atom is 0.328 e. The lowest BCUT2D eigenvalue weighted by molar-refractivity contribution is -0.146. The number of esters is 1. The molecule has 3 amide bonds. The van der Waals surface area contributed by atoms with Crippen LogP contribution in [0.2, 0.25) is 0 Å². The summed E-state index contributed by atoms with van der Waals surface area (Å²) < 4.78 is 4.69.